The number of carbonyl (C=O) groups excluding carboxylic acids is 1. The van der Waals surface area contributed by atoms with Crippen molar-refractivity contribution in [2.24, 2.45) is 0 Å². The highest BCUT2D eigenvalue weighted by Gasteiger charge is 2.39. The molecule has 1 rings (SSSR count). The summed E-state index contributed by atoms with van der Waals surface area (Å²) in [7, 11) is 0. The normalized spacial score (nSPS) is 14.0. The fraction of sp³-hybridized carbons (Fsp3) is 0.462. The summed E-state index contributed by atoms with van der Waals surface area (Å²) >= 11 is 0. The van der Waals surface area contributed by atoms with Gasteiger partial charge >= 0.3 is 5.97 Å². The van der Waals surface area contributed by atoms with E-state index < -0.39 is 35.4 Å². The Balaban J connectivity index is 3.34. The second-order valence-corrected chi connectivity index (χ2v) is 4.25. The molecule has 0 aliphatic carbocycles. The molecule has 0 saturated heterocycles. The number of benzene rings is 1. The molecule has 0 radical (unpaired) electrons. The molecule has 0 spiro atoms. The highest BCUT2D eigenvalue weighted by Crippen LogP contribution is 2.32. The largest absolute Gasteiger partial charge is 0.465 e. The molecule has 0 amide bonds. The average Bonchev–Trinajstić information content (AvgIpc) is 2.36. The van der Waals surface area contributed by atoms with E-state index in [1.54, 1.807) is 6.92 Å². The molecule has 1 aromatic rings. The maximum absolute atomic E-state index is 13.8. The highest BCUT2D eigenvalue weighted by molar-refractivity contribution is 5.82. The van der Waals surface area contributed by atoms with Gasteiger partial charge in [-0.25, -0.2) is 13.2 Å². The molecule has 1 aromatic carbocycles. The van der Waals surface area contributed by atoms with Crippen LogP contribution in [0.15, 0.2) is 12.1 Å². The molecular formula is C13H15F3O3. The van der Waals surface area contributed by atoms with Crippen molar-refractivity contribution in [3.63, 3.8) is 0 Å². The van der Waals surface area contributed by atoms with Crippen molar-refractivity contribution in [2.75, 3.05) is 13.2 Å². The predicted octanol–water partition coefficient (Wildman–Crippen LogP) is 2.31. The summed E-state index contributed by atoms with van der Waals surface area (Å²) in [6.07, 6.45) is -0.159. The van der Waals surface area contributed by atoms with Gasteiger partial charge in [0, 0.05) is 12.2 Å². The molecule has 0 heterocycles. The van der Waals surface area contributed by atoms with Crippen molar-refractivity contribution in [1.82, 2.24) is 0 Å². The van der Waals surface area contributed by atoms with Crippen LogP contribution in [0.4, 0.5) is 13.2 Å². The van der Waals surface area contributed by atoms with Gasteiger partial charge < -0.3 is 9.84 Å². The minimum atomic E-state index is -1.65. The summed E-state index contributed by atoms with van der Waals surface area (Å²) < 4.78 is 44.7. The minimum Gasteiger partial charge on any atom is -0.465 e. The molecule has 0 bridgehead atoms. The van der Waals surface area contributed by atoms with Crippen LogP contribution in [0.2, 0.25) is 0 Å². The molecule has 19 heavy (non-hydrogen) atoms. The second kappa shape index (κ2) is 6.06. The van der Waals surface area contributed by atoms with Crippen LogP contribution >= 0.6 is 0 Å². The van der Waals surface area contributed by atoms with E-state index in [9.17, 15) is 18.0 Å². The molecule has 1 unspecified atom stereocenters. The number of hydrogen-bond acceptors (Lipinski definition) is 3. The Kier molecular flexibility index (Phi) is 4.94. The van der Waals surface area contributed by atoms with Crippen molar-refractivity contribution in [2.45, 2.75) is 25.7 Å². The highest BCUT2D eigenvalue weighted by atomic mass is 19.2. The van der Waals surface area contributed by atoms with Crippen LogP contribution in [0.3, 0.4) is 0 Å². The first-order valence-corrected chi connectivity index (χ1v) is 5.80. The smallest absolute Gasteiger partial charge is 0.316 e. The summed E-state index contributed by atoms with van der Waals surface area (Å²) in [6.45, 7) is 2.52. The van der Waals surface area contributed by atoms with E-state index in [2.05, 4.69) is 0 Å². The van der Waals surface area contributed by atoms with E-state index in [-0.39, 0.29) is 18.6 Å². The van der Waals surface area contributed by atoms with Crippen molar-refractivity contribution in [3.8, 4) is 0 Å². The van der Waals surface area contributed by atoms with Crippen molar-refractivity contribution < 1.29 is 27.8 Å². The van der Waals surface area contributed by atoms with Gasteiger partial charge in [-0.3, -0.25) is 4.79 Å². The predicted molar refractivity (Wildman–Crippen MR) is 62.0 cm³/mol. The monoisotopic (exact) mass is 276 g/mol. The number of halogens is 3. The summed E-state index contributed by atoms with van der Waals surface area (Å²) in [5, 5.41) is 9.00. The molecule has 0 aliphatic rings. The summed E-state index contributed by atoms with van der Waals surface area (Å²) in [4.78, 5) is 11.9. The molecule has 0 fully saturated rings. The van der Waals surface area contributed by atoms with E-state index in [1.165, 1.54) is 6.92 Å². The third kappa shape index (κ3) is 2.89. The van der Waals surface area contributed by atoms with Gasteiger partial charge in [0.1, 0.15) is 0 Å². The zero-order valence-electron chi connectivity index (χ0n) is 10.7. The Morgan fingerprint density at radius 1 is 1.32 bits per heavy atom. The summed E-state index contributed by atoms with van der Waals surface area (Å²) in [5.41, 5.74) is -1.90. The molecule has 0 saturated carbocycles. The SMILES string of the molecule is CCOC(=O)C(C)(CCO)c1ccc(F)c(F)c1F. The maximum Gasteiger partial charge on any atom is 0.316 e. The van der Waals surface area contributed by atoms with Gasteiger partial charge in [0.2, 0.25) is 0 Å². The Morgan fingerprint density at radius 3 is 2.47 bits per heavy atom. The molecule has 0 aromatic heterocycles. The Bertz CT molecular complexity index is 476. The van der Waals surface area contributed by atoms with Gasteiger partial charge in [-0.05, 0) is 26.3 Å². The van der Waals surface area contributed by atoms with Gasteiger partial charge in [0.15, 0.2) is 17.5 Å². The number of aliphatic hydroxyl groups excluding tert-OH is 1. The molecule has 1 atom stereocenters. The topological polar surface area (TPSA) is 46.5 Å². The fourth-order valence-corrected chi connectivity index (χ4v) is 1.81. The van der Waals surface area contributed by atoms with E-state index in [4.69, 9.17) is 9.84 Å². The summed E-state index contributed by atoms with van der Waals surface area (Å²) in [6, 6.07) is 1.73. The van der Waals surface area contributed by atoms with Crippen LogP contribution < -0.4 is 0 Å². The van der Waals surface area contributed by atoms with E-state index in [0.29, 0.717) is 0 Å². The van der Waals surface area contributed by atoms with Crippen LogP contribution in [-0.2, 0) is 14.9 Å². The fourth-order valence-electron chi connectivity index (χ4n) is 1.81. The van der Waals surface area contributed by atoms with Gasteiger partial charge in [-0.1, -0.05) is 6.07 Å². The zero-order valence-corrected chi connectivity index (χ0v) is 10.7. The van der Waals surface area contributed by atoms with Crippen LogP contribution in [0, 0.1) is 17.5 Å². The first-order valence-electron chi connectivity index (χ1n) is 5.80. The van der Waals surface area contributed by atoms with Crippen LogP contribution in [0.1, 0.15) is 25.8 Å². The molecule has 1 N–H and O–H groups in total. The number of esters is 1. The Morgan fingerprint density at radius 2 is 1.95 bits per heavy atom. The standard InChI is InChI=1S/C13H15F3O3/c1-3-19-12(18)13(2,6-7-17)8-4-5-9(14)11(16)10(8)15/h4-5,17H,3,6-7H2,1-2H3. The average molecular weight is 276 g/mol. The van der Waals surface area contributed by atoms with E-state index in [0.717, 1.165) is 12.1 Å². The molecular weight excluding hydrogens is 261 g/mol. The lowest BCUT2D eigenvalue weighted by atomic mass is 9.79. The number of ether oxygens (including phenoxy) is 1. The van der Waals surface area contributed by atoms with Gasteiger partial charge in [0.05, 0.1) is 12.0 Å². The summed E-state index contributed by atoms with van der Waals surface area (Å²) in [5.74, 6) is -5.22. The Hall–Kier alpha value is -1.56. The number of aliphatic hydroxyl groups is 1. The maximum atomic E-state index is 13.8. The first kappa shape index (κ1) is 15.5. The number of hydrogen-bond donors (Lipinski definition) is 1. The molecule has 6 heteroatoms. The van der Waals surface area contributed by atoms with Gasteiger partial charge in [0.25, 0.3) is 0 Å². The van der Waals surface area contributed by atoms with Crippen molar-refractivity contribution in [3.05, 3.63) is 35.1 Å². The van der Waals surface area contributed by atoms with Crippen LogP contribution in [-0.4, -0.2) is 24.3 Å². The Labute approximate surface area is 109 Å². The van der Waals surface area contributed by atoms with Crippen LogP contribution in [0.25, 0.3) is 0 Å². The lowest BCUT2D eigenvalue weighted by molar-refractivity contribution is -0.150. The minimum absolute atomic E-state index is 0.0607. The molecule has 0 aliphatic heterocycles. The second-order valence-electron chi connectivity index (χ2n) is 4.25. The molecule has 106 valence electrons. The third-order valence-electron chi connectivity index (χ3n) is 2.97. The van der Waals surface area contributed by atoms with Crippen molar-refractivity contribution in [1.29, 1.82) is 0 Å². The number of rotatable bonds is 5. The quantitative estimate of drug-likeness (QED) is 0.663. The van der Waals surface area contributed by atoms with Gasteiger partial charge in [-0.2, -0.15) is 0 Å². The van der Waals surface area contributed by atoms with E-state index >= 15 is 0 Å². The number of carbonyl (C=O) groups is 1. The molecule has 3 nitrogen and oxygen atoms in total. The first-order chi connectivity index (χ1) is 8.88. The van der Waals surface area contributed by atoms with Crippen molar-refractivity contribution >= 4 is 5.97 Å². The van der Waals surface area contributed by atoms with Crippen LogP contribution in [0.5, 0.6) is 0 Å². The van der Waals surface area contributed by atoms with E-state index in [1.807, 2.05) is 0 Å². The zero-order chi connectivity index (χ0) is 14.6. The van der Waals surface area contributed by atoms with Gasteiger partial charge in [-0.15, -0.1) is 0 Å². The lowest BCUT2D eigenvalue weighted by Crippen LogP contribution is -2.36. The lowest BCUT2D eigenvalue weighted by Gasteiger charge is -2.27. The third-order valence-corrected chi connectivity index (χ3v) is 2.97.